The van der Waals surface area contributed by atoms with E-state index in [0.717, 1.165) is 12.8 Å². The molecule has 0 atom stereocenters. The van der Waals surface area contributed by atoms with E-state index in [1.807, 2.05) is 0 Å². The van der Waals surface area contributed by atoms with Crippen LogP contribution < -0.4 is 9.86 Å². The standard InChI is InChI=1S/C16H21N5O4S/c1-20(14-5-7-25-8-6-14)16(22)21-10-15(18-11-21)12-3-2-4-13(9-12)19-26(17,23)24/h2-4,9-11,14,19H,5-8H2,1H3,(H2,17,23,24)/p+1. The molecule has 1 aliphatic heterocycles. The maximum absolute atomic E-state index is 12.7. The van der Waals surface area contributed by atoms with E-state index in [1.54, 1.807) is 42.4 Å². The van der Waals surface area contributed by atoms with Crippen molar-refractivity contribution in [1.82, 2.24) is 14.5 Å². The monoisotopic (exact) mass is 380 g/mol. The number of imidazole rings is 1. The SMILES string of the molecule is CN(C(=O)n1cnc(-c2cccc(NS([NH3+])(=O)=O)c2)c1)C1CCOCC1. The Morgan fingerprint density at radius 1 is 1.38 bits per heavy atom. The van der Waals surface area contributed by atoms with Crippen molar-refractivity contribution in [1.29, 1.82) is 0 Å². The molecule has 0 spiro atoms. The normalized spacial score (nSPS) is 15.6. The van der Waals surface area contributed by atoms with Crippen LogP contribution in [0, 0.1) is 0 Å². The van der Waals surface area contributed by atoms with Crippen LogP contribution in [0.15, 0.2) is 36.8 Å². The topological polar surface area (TPSA) is 121 Å². The van der Waals surface area contributed by atoms with E-state index < -0.39 is 10.2 Å². The number of benzene rings is 1. The quantitative estimate of drug-likeness (QED) is 0.801. The lowest BCUT2D eigenvalue weighted by atomic mass is 10.1. The lowest BCUT2D eigenvalue weighted by Gasteiger charge is -2.30. The lowest BCUT2D eigenvalue weighted by molar-refractivity contribution is -0.163. The Morgan fingerprint density at radius 3 is 2.81 bits per heavy atom. The van der Waals surface area contributed by atoms with E-state index in [2.05, 4.69) is 14.8 Å². The van der Waals surface area contributed by atoms with Crippen LogP contribution in [0.5, 0.6) is 0 Å². The fourth-order valence-corrected chi connectivity index (χ4v) is 3.39. The van der Waals surface area contributed by atoms with Gasteiger partial charge in [-0.3, -0.25) is 4.57 Å². The number of nitrogens with one attached hydrogen (secondary N) is 1. The molecule has 1 aliphatic rings. The third kappa shape index (κ3) is 4.40. The van der Waals surface area contributed by atoms with Crippen molar-refractivity contribution in [3.8, 4) is 11.3 Å². The molecule has 1 amide bonds. The van der Waals surface area contributed by atoms with Gasteiger partial charge in [0.2, 0.25) is 0 Å². The van der Waals surface area contributed by atoms with E-state index >= 15 is 0 Å². The van der Waals surface area contributed by atoms with Crippen LogP contribution in [0.2, 0.25) is 0 Å². The zero-order valence-corrected chi connectivity index (χ0v) is 15.3. The molecule has 26 heavy (non-hydrogen) atoms. The minimum Gasteiger partial charge on any atom is -0.381 e. The molecule has 0 saturated carbocycles. The van der Waals surface area contributed by atoms with Gasteiger partial charge in [-0.25, -0.2) is 19.6 Å². The number of hydrogen-bond donors (Lipinski definition) is 2. The summed E-state index contributed by atoms with van der Waals surface area (Å²) in [5.41, 5.74) is 1.65. The molecule has 1 aromatic heterocycles. The molecule has 4 N–H and O–H groups in total. The molecule has 0 bridgehead atoms. The molecule has 0 unspecified atom stereocenters. The first-order valence-electron chi connectivity index (χ1n) is 8.18. The first kappa shape index (κ1) is 18.4. The Kier molecular flexibility index (Phi) is 5.25. The minimum atomic E-state index is -3.60. The van der Waals surface area contributed by atoms with Gasteiger partial charge in [-0.1, -0.05) is 12.1 Å². The molecule has 1 aromatic carbocycles. The molecule has 0 aliphatic carbocycles. The number of anilines is 1. The van der Waals surface area contributed by atoms with Crippen molar-refractivity contribution < 1.29 is 23.1 Å². The number of carbonyl (C=O) groups excluding carboxylic acids is 1. The van der Waals surface area contributed by atoms with Crippen molar-refractivity contribution >= 4 is 21.9 Å². The van der Waals surface area contributed by atoms with Crippen molar-refractivity contribution in [3.63, 3.8) is 0 Å². The summed E-state index contributed by atoms with van der Waals surface area (Å²) < 4.78 is 31.6. The van der Waals surface area contributed by atoms with Crippen molar-refractivity contribution in [2.24, 2.45) is 0 Å². The largest absolute Gasteiger partial charge is 0.389 e. The summed E-state index contributed by atoms with van der Waals surface area (Å²) in [5, 5.41) is 3.04. The molecular weight excluding hydrogens is 358 g/mol. The third-order valence-electron chi connectivity index (χ3n) is 4.28. The lowest BCUT2D eigenvalue weighted by Crippen LogP contribution is -2.59. The summed E-state index contributed by atoms with van der Waals surface area (Å²) in [5.74, 6) is 0. The highest BCUT2D eigenvalue weighted by atomic mass is 32.2. The van der Waals surface area contributed by atoms with Crippen LogP contribution >= 0.6 is 0 Å². The van der Waals surface area contributed by atoms with Crippen molar-refractivity contribution in [2.75, 3.05) is 25.0 Å². The predicted molar refractivity (Wildman–Crippen MR) is 95.5 cm³/mol. The van der Waals surface area contributed by atoms with E-state index in [9.17, 15) is 13.2 Å². The molecule has 2 aromatic rings. The van der Waals surface area contributed by atoms with Gasteiger partial charge in [-0.05, 0) is 25.0 Å². The fourth-order valence-electron chi connectivity index (χ4n) is 2.91. The fraction of sp³-hybridized carbons (Fsp3) is 0.375. The Balaban J connectivity index is 1.77. The summed E-state index contributed by atoms with van der Waals surface area (Å²) in [7, 11) is -1.83. The minimum absolute atomic E-state index is 0.150. The number of hydrogen-bond acceptors (Lipinski definition) is 5. The third-order valence-corrected chi connectivity index (χ3v) is 4.82. The second kappa shape index (κ2) is 7.44. The molecule has 3 rings (SSSR count). The molecule has 1 saturated heterocycles. The first-order valence-corrected chi connectivity index (χ1v) is 9.84. The number of amides is 1. The molecular formula is C16H22N5O4S+. The van der Waals surface area contributed by atoms with Gasteiger partial charge in [-0.2, -0.15) is 8.42 Å². The average molecular weight is 380 g/mol. The smallest absolute Gasteiger partial charge is 0.381 e. The molecule has 2 heterocycles. The van der Waals surface area contributed by atoms with Crippen LogP contribution in [0.1, 0.15) is 12.8 Å². The number of aromatic nitrogens is 2. The van der Waals surface area contributed by atoms with Crippen LogP contribution in [-0.4, -0.2) is 55.2 Å². The highest BCUT2D eigenvalue weighted by molar-refractivity contribution is 7.85. The van der Waals surface area contributed by atoms with E-state index in [4.69, 9.17) is 4.74 Å². The first-order chi connectivity index (χ1) is 12.3. The summed E-state index contributed by atoms with van der Waals surface area (Å²) in [6.07, 6.45) is 4.73. The molecule has 9 nitrogen and oxygen atoms in total. The molecule has 140 valence electrons. The zero-order chi connectivity index (χ0) is 18.7. The van der Waals surface area contributed by atoms with Crippen molar-refractivity contribution in [2.45, 2.75) is 18.9 Å². The van der Waals surface area contributed by atoms with Crippen LogP contribution in [0.3, 0.4) is 0 Å². The Labute approximate surface area is 151 Å². The number of rotatable bonds is 4. The van der Waals surface area contributed by atoms with Gasteiger partial charge in [0, 0.05) is 38.1 Å². The summed E-state index contributed by atoms with van der Waals surface area (Å²) in [6, 6.07) is 6.75. The van der Waals surface area contributed by atoms with Gasteiger partial charge in [0.1, 0.15) is 6.33 Å². The van der Waals surface area contributed by atoms with Gasteiger partial charge in [-0.15, -0.1) is 0 Å². The predicted octanol–water partition coefficient (Wildman–Crippen LogP) is 0.528. The van der Waals surface area contributed by atoms with Crippen LogP contribution in [0.4, 0.5) is 10.5 Å². The highest BCUT2D eigenvalue weighted by Gasteiger charge is 2.23. The average Bonchev–Trinajstić information content (AvgIpc) is 3.10. The van der Waals surface area contributed by atoms with Gasteiger partial charge >= 0.3 is 16.2 Å². The van der Waals surface area contributed by atoms with E-state index in [0.29, 0.717) is 30.2 Å². The van der Waals surface area contributed by atoms with Gasteiger partial charge in [0.15, 0.2) is 0 Å². The van der Waals surface area contributed by atoms with Crippen LogP contribution in [0.25, 0.3) is 11.3 Å². The second-order valence-electron chi connectivity index (χ2n) is 6.20. The number of carbonyl (C=O) groups is 1. The van der Waals surface area contributed by atoms with E-state index in [-0.39, 0.29) is 12.1 Å². The molecule has 0 radical (unpaired) electrons. The summed E-state index contributed by atoms with van der Waals surface area (Å²) >= 11 is 0. The van der Waals surface area contributed by atoms with Crippen molar-refractivity contribution in [3.05, 3.63) is 36.8 Å². The Bertz CT molecular complexity index is 890. The second-order valence-corrected chi connectivity index (χ2v) is 7.63. The molecule has 10 heteroatoms. The molecule has 1 fully saturated rings. The highest BCUT2D eigenvalue weighted by Crippen LogP contribution is 2.22. The summed E-state index contributed by atoms with van der Waals surface area (Å²) in [4.78, 5) is 18.6. The zero-order valence-electron chi connectivity index (χ0n) is 14.5. The van der Waals surface area contributed by atoms with Crippen LogP contribution in [-0.2, 0) is 14.9 Å². The Hall–Kier alpha value is -2.43. The van der Waals surface area contributed by atoms with Gasteiger partial charge < -0.3 is 9.64 Å². The maximum atomic E-state index is 12.7. The number of ether oxygens (including phenoxy) is 1. The van der Waals surface area contributed by atoms with Gasteiger partial charge in [0.25, 0.3) is 0 Å². The number of quaternary nitrogens is 1. The maximum Gasteiger partial charge on any atom is 0.389 e. The Morgan fingerprint density at radius 2 is 2.12 bits per heavy atom. The summed E-state index contributed by atoms with van der Waals surface area (Å²) in [6.45, 7) is 1.32. The number of nitrogens with zero attached hydrogens (tertiary/aromatic N) is 3. The van der Waals surface area contributed by atoms with Gasteiger partial charge in [0.05, 0.1) is 11.4 Å². The van der Waals surface area contributed by atoms with E-state index in [1.165, 1.54) is 10.9 Å².